The summed E-state index contributed by atoms with van der Waals surface area (Å²) in [4.78, 5) is 0. The van der Waals surface area contributed by atoms with Gasteiger partial charge in [-0.15, -0.1) is 12.4 Å². The van der Waals surface area contributed by atoms with Crippen LogP contribution in [0.25, 0.3) is 0 Å². The van der Waals surface area contributed by atoms with Gasteiger partial charge in [-0.2, -0.15) is 0 Å². The Hall–Kier alpha value is -1.22. The third-order valence-electron chi connectivity index (χ3n) is 3.10. The second-order valence-electron chi connectivity index (χ2n) is 4.91. The normalized spacial score (nSPS) is 10.8. The van der Waals surface area contributed by atoms with Gasteiger partial charge in [0, 0.05) is 11.1 Å². The number of methoxy groups -OCH3 is 1. The molecular weight excluding hydrogens is 317 g/mol. The Kier molecular flexibility index (Phi) is 10.7. The monoisotopic (exact) mass is 341 g/mol. The summed E-state index contributed by atoms with van der Waals surface area (Å²) in [5, 5.41) is 0.893. The van der Waals surface area contributed by atoms with Crippen molar-refractivity contribution < 1.29 is 4.74 Å². The van der Waals surface area contributed by atoms with E-state index in [1.165, 1.54) is 5.56 Å². The Morgan fingerprint density at radius 2 is 1.82 bits per heavy atom. The lowest BCUT2D eigenvalue weighted by Gasteiger charge is -2.06. The molecule has 0 saturated carbocycles. The fourth-order valence-corrected chi connectivity index (χ4v) is 2.13. The highest BCUT2D eigenvalue weighted by atomic mass is 35.5. The van der Waals surface area contributed by atoms with E-state index in [4.69, 9.17) is 22.1 Å². The van der Waals surface area contributed by atoms with Gasteiger partial charge in [-0.25, -0.2) is 0 Å². The van der Waals surface area contributed by atoms with Gasteiger partial charge in [0.25, 0.3) is 0 Å². The fraction of sp³-hybridized carbons (Fsp3) is 0.333. The summed E-state index contributed by atoms with van der Waals surface area (Å²) in [5.41, 5.74) is 8.04. The van der Waals surface area contributed by atoms with Crippen LogP contribution < -0.4 is 10.5 Å². The SMILES string of the molecule is CCCc1ccccc1Cl.COc1cccc(C(C)N)c1.Cl. The first-order chi connectivity index (χ1) is 10.1. The van der Waals surface area contributed by atoms with E-state index in [-0.39, 0.29) is 18.4 Å². The van der Waals surface area contributed by atoms with Gasteiger partial charge in [-0.3, -0.25) is 0 Å². The van der Waals surface area contributed by atoms with Crippen molar-refractivity contribution in [2.24, 2.45) is 5.73 Å². The number of aryl methyl sites for hydroxylation is 1. The Bertz CT molecular complexity index is 544. The fourth-order valence-electron chi connectivity index (χ4n) is 1.90. The van der Waals surface area contributed by atoms with Crippen LogP contribution in [0.2, 0.25) is 5.02 Å². The summed E-state index contributed by atoms with van der Waals surface area (Å²) in [6.45, 7) is 4.11. The summed E-state index contributed by atoms with van der Waals surface area (Å²) >= 11 is 5.90. The van der Waals surface area contributed by atoms with Gasteiger partial charge in [0.2, 0.25) is 0 Å². The smallest absolute Gasteiger partial charge is 0.119 e. The van der Waals surface area contributed by atoms with Crippen LogP contribution in [0.5, 0.6) is 5.75 Å². The van der Waals surface area contributed by atoms with Gasteiger partial charge in [0.05, 0.1) is 7.11 Å². The molecule has 0 saturated heterocycles. The highest BCUT2D eigenvalue weighted by molar-refractivity contribution is 6.31. The molecule has 1 unspecified atom stereocenters. The zero-order valence-electron chi connectivity index (χ0n) is 13.4. The standard InChI is InChI=1S/C9H11Cl.C9H13NO.ClH/c1-2-5-8-6-3-4-7-9(8)10;1-7(10)8-4-3-5-9(6-8)11-2;/h3-4,6-7H,2,5H2,1H3;3-7H,10H2,1-2H3;1H. The van der Waals surface area contributed by atoms with Crippen molar-refractivity contribution >= 4 is 24.0 Å². The molecule has 0 bridgehead atoms. The third kappa shape index (κ3) is 7.17. The summed E-state index contributed by atoms with van der Waals surface area (Å²) in [5.74, 6) is 0.861. The molecule has 0 radical (unpaired) electrons. The van der Waals surface area contributed by atoms with Crippen molar-refractivity contribution in [2.75, 3.05) is 7.11 Å². The number of halogens is 2. The van der Waals surface area contributed by atoms with E-state index in [0.29, 0.717) is 0 Å². The van der Waals surface area contributed by atoms with Crippen LogP contribution in [-0.4, -0.2) is 7.11 Å². The van der Waals surface area contributed by atoms with Crippen molar-refractivity contribution in [3.8, 4) is 5.75 Å². The average molecular weight is 342 g/mol. The van der Waals surface area contributed by atoms with Crippen molar-refractivity contribution in [3.63, 3.8) is 0 Å². The molecule has 22 heavy (non-hydrogen) atoms. The van der Waals surface area contributed by atoms with Crippen LogP contribution in [0.1, 0.15) is 37.4 Å². The number of rotatable bonds is 4. The first-order valence-electron chi connectivity index (χ1n) is 7.21. The average Bonchev–Trinajstić information content (AvgIpc) is 2.50. The molecule has 0 amide bonds. The Morgan fingerprint density at radius 1 is 1.14 bits per heavy atom. The molecule has 4 heteroatoms. The van der Waals surface area contributed by atoms with Gasteiger partial charge in [0.1, 0.15) is 5.75 Å². The lowest BCUT2D eigenvalue weighted by molar-refractivity contribution is 0.414. The quantitative estimate of drug-likeness (QED) is 0.804. The van der Waals surface area contributed by atoms with Crippen LogP contribution in [0.4, 0.5) is 0 Å². The van der Waals surface area contributed by atoms with Crippen LogP contribution >= 0.6 is 24.0 Å². The number of ether oxygens (including phenoxy) is 1. The van der Waals surface area contributed by atoms with E-state index in [9.17, 15) is 0 Å². The maximum absolute atomic E-state index is 5.90. The lowest BCUT2D eigenvalue weighted by Crippen LogP contribution is -2.04. The Labute approximate surface area is 145 Å². The minimum Gasteiger partial charge on any atom is -0.497 e. The highest BCUT2D eigenvalue weighted by Crippen LogP contribution is 2.17. The second kappa shape index (κ2) is 11.4. The van der Waals surface area contributed by atoms with Gasteiger partial charge in [0.15, 0.2) is 0 Å². The first kappa shape index (κ1) is 20.8. The molecule has 0 aliphatic carbocycles. The van der Waals surface area contributed by atoms with E-state index < -0.39 is 0 Å². The van der Waals surface area contributed by atoms with Crippen LogP contribution in [-0.2, 0) is 6.42 Å². The van der Waals surface area contributed by atoms with E-state index >= 15 is 0 Å². The predicted molar refractivity (Wildman–Crippen MR) is 98.3 cm³/mol. The molecule has 0 spiro atoms. The highest BCUT2D eigenvalue weighted by Gasteiger charge is 1.99. The number of benzene rings is 2. The van der Waals surface area contributed by atoms with Gasteiger partial charge >= 0.3 is 0 Å². The van der Waals surface area contributed by atoms with E-state index in [2.05, 4.69) is 13.0 Å². The zero-order chi connectivity index (χ0) is 15.7. The summed E-state index contributed by atoms with van der Waals surface area (Å²) in [6, 6.07) is 15.9. The van der Waals surface area contributed by atoms with E-state index in [1.54, 1.807) is 7.11 Å². The molecule has 0 heterocycles. The van der Waals surface area contributed by atoms with Gasteiger partial charge in [-0.05, 0) is 42.7 Å². The topological polar surface area (TPSA) is 35.2 Å². The Morgan fingerprint density at radius 3 is 2.36 bits per heavy atom. The van der Waals surface area contributed by atoms with Crippen molar-refractivity contribution in [2.45, 2.75) is 32.7 Å². The Balaban J connectivity index is 0.000000385. The van der Waals surface area contributed by atoms with Crippen molar-refractivity contribution in [1.82, 2.24) is 0 Å². The maximum Gasteiger partial charge on any atom is 0.119 e. The molecule has 122 valence electrons. The molecule has 1 atom stereocenters. The predicted octanol–water partition coefficient (Wildman–Crippen LogP) is 5.43. The minimum atomic E-state index is 0. The molecular formula is C18H25Cl2NO. The largest absolute Gasteiger partial charge is 0.497 e. The van der Waals surface area contributed by atoms with E-state index in [0.717, 1.165) is 29.2 Å². The number of hydrogen-bond donors (Lipinski definition) is 1. The van der Waals surface area contributed by atoms with E-state index in [1.807, 2.05) is 49.4 Å². The molecule has 0 aliphatic heterocycles. The van der Waals surface area contributed by atoms with Crippen molar-refractivity contribution in [3.05, 3.63) is 64.7 Å². The van der Waals surface area contributed by atoms with Crippen LogP contribution in [0.15, 0.2) is 48.5 Å². The zero-order valence-corrected chi connectivity index (χ0v) is 15.0. The number of hydrogen-bond acceptors (Lipinski definition) is 2. The molecule has 0 aromatic heterocycles. The van der Waals surface area contributed by atoms with Crippen LogP contribution in [0, 0.1) is 0 Å². The third-order valence-corrected chi connectivity index (χ3v) is 3.47. The molecule has 2 nitrogen and oxygen atoms in total. The summed E-state index contributed by atoms with van der Waals surface area (Å²) < 4.78 is 5.05. The minimum absolute atomic E-state index is 0. The summed E-state index contributed by atoms with van der Waals surface area (Å²) in [7, 11) is 1.65. The van der Waals surface area contributed by atoms with Crippen LogP contribution in [0.3, 0.4) is 0 Å². The van der Waals surface area contributed by atoms with Gasteiger partial charge in [-0.1, -0.05) is 55.3 Å². The molecule has 2 rings (SSSR count). The maximum atomic E-state index is 5.90. The van der Waals surface area contributed by atoms with Gasteiger partial charge < -0.3 is 10.5 Å². The first-order valence-corrected chi connectivity index (χ1v) is 7.59. The molecule has 2 aromatic rings. The lowest BCUT2D eigenvalue weighted by atomic mass is 10.1. The van der Waals surface area contributed by atoms with Crippen molar-refractivity contribution in [1.29, 1.82) is 0 Å². The molecule has 0 fully saturated rings. The second-order valence-corrected chi connectivity index (χ2v) is 5.31. The summed E-state index contributed by atoms with van der Waals surface area (Å²) in [6.07, 6.45) is 2.24. The number of nitrogens with two attached hydrogens (primary N) is 1. The molecule has 0 aliphatic rings. The molecule has 2 aromatic carbocycles. The molecule has 2 N–H and O–H groups in total.